The van der Waals surface area contributed by atoms with E-state index in [1.165, 1.54) is 6.26 Å². The minimum absolute atomic E-state index is 0.0804. The SMILES string of the molecule is CC(C)Oc1nc(CCl)co1. The maximum absolute atomic E-state index is 5.50. The van der Waals surface area contributed by atoms with E-state index in [4.69, 9.17) is 20.8 Å². The van der Waals surface area contributed by atoms with Crippen molar-refractivity contribution in [3.63, 3.8) is 0 Å². The zero-order valence-corrected chi connectivity index (χ0v) is 7.26. The molecule has 0 bridgehead atoms. The second kappa shape index (κ2) is 3.62. The van der Waals surface area contributed by atoms with Crippen molar-refractivity contribution in [2.75, 3.05) is 0 Å². The van der Waals surface area contributed by atoms with Gasteiger partial charge in [0.05, 0.1) is 17.7 Å². The Bertz CT molecular complexity index is 222. The van der Waals surface area contributed by atoms with Gasteiger partial charge in [-0.2, -0.15) is 4.98 Å². The van der Waals surface area contributed by atoms with E-state index >= 15 is 0 Å². The van der Waals surface area contributed by atoms with Crippen LogP contribution in [0.15, 0.2) is 10.7 Å². The lowest BCUT2D eigenvalue weighted by Gasteiger charge is -2.02. The number of hydrogen-bond donors (Lipinski definition) is 0. The van der Waals surface area contributed by atoms with Gasteiger partial charge in [-0.15, -0.1) is 11.6 Å². The lowest BCUT2D eigenvalue weighted by atomic mass is 10.5. The molecule has 0 atom stereocenters. The van der Waals surface area contributed by atoms with Crippen LogP contribution in [0.5, 0.6) is 6.08 Å². The Hall–Kier alpha value is -0.700. The number of aromatic nitrogens is 1. The van der Waals surface area contributed by atoms with Crippen LogP contribution in [0.25, 0.3) is 0 Å². The van der Waals surface area contributed by atoms with Crippen LogP contribution in [0, 0.1) is 0 Å². The van der Waals surface area contributed by atoms with Crippen molar-refractivity contribution in [1.29, 1.82) is 0 Å². The van der Waals surface area contributed by atoms with Crippen molar-refractivity contribution in [2.45, 2.75) is 25.8 Å². The van der Waals surface area contributed by atoms with E-state index in [0.29, 0.717) is 11.6 Å². The molecule has 3 nitrogen and oxygen atoms in total. The first kappa shape index (κ1) is 8.40. The normalized spacial score (nSPS) is 10.5. The molecule has 0 aliphatic rings. The number of oxazole rings is 1. The second-order valence-corrected chi connectivity index (χ2v) is 2.67. The molecule has 1 heterocycles. The molecule has 0 radical (unpaired) electrons. The molecule has 11 heavy (non-hydrogen) atoms. The van der Waals surface area contributed by atoms with Gasteiger partial charge in [0.15, 0.2) is 0 Å². The molecular formula is C7H10ClNO2. The number of nitrogens with zero attached hydrogens (tertiary/aromatic N) is 1. The zero-order valence-electron chi connectivity index (χ0n) is 6.50. The molecule has 0 saturated carbocycles. The highest BCUT2D eigenvalue weighted by molar-refractivity contribution is 6.16. The first-order valence-corrected chi connectivity index (χ1v) is 3.93. The van der Waals surface area contributed by atoms with Gasteiger partial charge in [0, 0.05) is 0 Å². The quantitative estimate of drug-likeness (QED) is 0.661. The van der Waals surface area contributed by atoms with Gasteiger partial charge in [-0.1, -0.05) is 0 Å². The van der Waals surface area contributed by atoms with Crippen molar-refractivity contribution >= 4 is 11.6 Å². The van der Waals surface area contributed by atoms with E-state index < -0.39 is 0 Å². The smallest absolute Gasteiger partial charge is 0.393 e. The highest BCUT2D eigenvalue weighted by Crippen LogP contribution is 2.12. The van der Waals surface area contributed by atoms with E-state index in [0.717, 1.165) is 0 Å². The van der Waals surface area contributed by atoms with Crippen LogP contribution in [0.2, 0.25) is 0 Å². The van der Waals surface area contributed by atoms with Gasteiger partial charge in [-0.3, -0.25) is 0 Å². The number of halogens is 1. The van der Waals surface area contributed by atoms with Crippen LogP contribution in [0.4, 0.5) is 0 Å². The van der Waals surface area contributed by atoms with Gasteiger partial charge in [-0.25, -0.2) is 0 Å². The second-order valence-electron chi connectivity index (χ2n) is 2.40. The Morgan fingerprint density at radius 2 is 2.45 bits per heavy atom. The van der Waals surface area contributed by atoms with Gasteiger partial charge < -0.3 is 9.15 Å². The highest BCUT2D eigenvalue weighted by atomic mass is 35.5. The molecule has 0 aromatic carbocycles. The maximum Gasteiger partial charge on any atom is 0.393 e. The largest absolute Gasteiger partial charge is 0.447 e. The number of ether oxygens (including phenoxy) is 1. The molecule has 0 aliphatic carbocycles. The molecule has 0 fully saturated rings. The van der Waals surface area contributed by atoms with Crippen molar-refractivity contribution < 1.29 is 9.15 Å². The standard InChI is InChI=1S/C7H10ClNO2/c1-5(2)11-7-9-6(3-8)4-10-7/h4-5H,3H2,1-2H3. The summed E-state index contributed by atoms with van der Waals surface area (Å²) in [6.07, 6.45) is 1.86. The van der Waals surface area contributed by atoms with Crippen LogP contribution in [-0.2, 0) is 5.88 Å². The minimum Gasteiger partial charge on any atom is -0.447 e. The summed E-state index contributed by atoms with van der Waals surface area (Å²) in [6, 6.07) is 0. The summed E-state index contributed by atoms with van der Waals surface area (Å²) in [7, 11) is 0. The Kier molecular flexibility index (Phi) is 2.76. The van der Waals surface area contributed by atoms with Gasteiger partial charge >= 0.3 is 6.08 Å². The summed E-state index contributed by atoms with van der Waals surface area (Å²) < 4.78 is 10.1. The van der Waals surface area contributed by atoms with E-state index in [1.54, 1.807) is 0 Å². The monoisotopic (exact) mass is 175 g/mol. The number of rotatable bonds is 3. The van der Waals surface area contributed by atoms with E-state index in [9.17, 15) is 0 Å². The fourth-order valence-corrected chi connectivity index (χ4v) is 0.728. The predicted octanol–water partition coefficient (Wildman–Crippen LogP) is 2.20. The van der Waals surface area contributed by atoms with Crippen LogP contribution in [0.1, 0.15) is 19.5 Å². The first-order valence-electron chi connectivity index (χ1n) is 3.39. The number of alkyl halides is 1. The lowest BCUT2D eigenvalue weighted by molar-refractivity contribution is 0.176. The Morgan fingerprint density at radius 1 is 1.73 bits per heavy atom. The topological polar surface area (TPSA) is 35.3 Å². The van der Waals surface area contributed by atoms with Crippen LogP contribution >= 0.6 is 11.6 Å². The average Bonchev–Trinajstić information content (AvgIpc) is 2.34. The third-order valence-electron chi connectivity index (χ3n) is 1.00. The van der Waals surface area contributed by atoms with Gasteiger partial charge in [0.1, 0.15) is 6.26 Å². The summed E-state index contributed by atoms with van der Waals surface area (Å²) in [5, 5.41) is 0. The third kappa shape index (κ3) is 2.42. The van der Waals surface area contributed by atoms with E-state index in [-0.39, 0.29) is 12.2 Å². The van der Waals surface area contributed by atoms with Gasteiger partial charge in [-0.05, 0) is 13.8 Å². The predicted molar refractivity (Wildman–Crippen MR) is 41.8 cm³/mol. The van der Waals surface area contributed by atoms with Crippen molar-refractivity contribution in [2.24, 2.45) is 0 Å². The Morgan fingerprint density at radius 3 is 2.91 bits per heavy atom. The minimum atomic E-state index is 0.0804. The molecule has 0 N–H and O–H groups in total. The molecule has 62 valence electrons. The van der Waals surface area contributed by atoms with Gasteiger partial charge in [0.2, 0.25) is 0 Å². The molecule has 1 aromatic rings. The summed E-state index contributed by atoms with van der Waals surface area (Å²) in [5.41, 5.74) is 0.697. The van der Waals surface area contributed by atoms with Crippen LogP contribution < -0.4 is 4.74 Å². The summed E-state index contributed by atoms with van der Waals surface area (Å²) in [6.45, 7) is 3.81. The van der Waals surface area contributed by atoms with Crippen LogP contribution in [0.3, 0.4) is 0 Å². The molecular weight excluding hydrogens is 166 g/mol. The maximum atomic E-state index is 5.50. The molecule has 0 unspecified atom stereocenters. The molecule has 4 heteroatoms. The molecule has 1 aromatic heterocycles. The Labute approximate surface area is 70.3 Å². The third-order valence-corrected chi connectivity index (χ3v) is 1.28. The molecule has 0 spiro atoms. The highest BCUT2D eigenvalue weighted by Gasteiger charge is 2.04. The number of hydrogen-bond acceptors (Lipinski definition) is 3. The Balaban J connectivity index is 2.58. The fourth-order valence-electron chi connectivity index (χ4n) is 0.606. The van der Waals surface area contributed by atoms with Gasteiger partial charge in [0.25, 0.3) is 0 Å². The lowest BCUT2D eigenvalue weighted by Crippen LogP contribution is -2.05. The van der Waals surface area contributed by atoms with E-state index in [2.05, 4.69) is 4.98 Å². The van der Waals surface area contributed by atoms with E-state index in [1.807, 2.05) is 13.8 Å². The van der Waals surface area contributed by atoms with Crippen molar-refractivity contribution in [1.82, 2.24) is 4.98 Å². The zero-order chi connectivity index (χ0) is 8.27. The molecule has 0 saturated heterocycles. The summed E-state index contributed by atoms with van der Waals surface area (Å²) in [4.78, 5) is 3.95. The van der Waals surface area contributed by atoms with Crippen molar-refractivity contribution in [3.8, 4) is 6.08 Å². The molecule has 1 rings (SSSR count). The fraction of sp³-hybridized carbons (Fsp3) is 0.571. The molecule has 0 aliphatic heterocycles. The first-order chi connectivity index (χ1) is 5.22. The van der Waals surface area contributed by atoms with Crippen molar-refractivity contribution in [3.05, 3.63) is 12.0 Å². The summed E-state index contributed by atoms with van der Waals surface area (Å²) >= 11 is 5.50. The summed E-state index contributed by atoms with van der Waals surface area (Å²) in [5.74, 6) is 0.352. The van der Waals surface area contributed by atoms with Crippen LogP contribution in [-0.4, -0.2) is 11.1 Å². The molecule has 0 amide bonds. The average molecular weight is 176 g/mol.